The second kappa shape index (κ2) is 8.37. The van der Waals surface area contributed by atoms with Crippen LogP contribution in [0.25, 0.3) is 11.1 Å². The predicted octanol–water partition coefficient (Wildman–Crippen LogP) is 2.94. The van der Waals surface area contributed by atoms with E-state index in [1.165, 1.54) is 12.3 Å². The number of benzene rings is 1. The molecule has 0 aliphatic carbocycles. The molecule has 6 nitrogen and oxygen atoms in total. The molecule has 1 aromatic heterocycles. The van der Waals surface area contributed by atoms with E-state index in [0.717, 1.165) is 12.8 Å². The maximum atomic E-state index is 13.8. The first-order valence-electron chi connectivity index (χ1n) is 9.49. The summed E-state index contributed by atoms with van der Waals surface area (Å²) in [6, 6.07) is 7.81. The smallest absolute Gasteiger partial charge is 0.254 e. The number of anilines is 1. The van der Waals surface area contributed by atoms with Gasteiger partial charge in [-0.25, -0.2) is 9.37 Å². The minimum Gasteiger partial charge on any atom is -0.381 e. The van der Waals surface area contributed by atoms with Crippen LogP contribution >= 0.6 is 0 Å². The molecule has 1 aromatic carbocycles. The Balaban J connectivity index is 1.88. The molecule has 1 unspecified atom stereocenters. The van der Waals surface area contributed by atoms with Crippen molar-refractivity contribution in [2.75, 3.05) is 25.9 Å². The minimum atomic E-state index is -0.599. The fourth-order valence-electron chi connectivity index (χ4n) is 3.44. The minimum absolute atomic E-state index is 0.0194. The van der Waals surface area contributed by atoms with Crippen LogP contribution in [0.1, 0.15) is 36.5 Å². The van der Waals surface area contributed by atoms with Gasteiger partial charge in [-0.2, -0.15) is 0 Å². The summed E-state index contributed by atoms with van der Waals surface area (Å²) in [6.07, 6.45) is 3.97. The molecule has 3 rings (SSSR count). The molecule has 1 atom stereocenters. The molecule has 0 radical (unpaired) electrons. The fraction of sp³-hybridized carbons (Fsp3) is 0.381. The van der Waals surface area contributed by atoms with E-state index in [2.05, 4.69) is 11.9 Å². The lowest BCUT2D eigenvalue weighted by atomic mass is 10.0. The second-order valence-corrected chi connectivity index (χ2v) is 7.09. The van der Waals surface area contributed by atoms with Crippen LogP contribution in [-0.4, -0.2) is 52.8 Å². The summed E-state index contributed by atoms with van der Waals surface area (Å²) in [5.41, 5.74) is 7.11. The summed E-state index contributed by atoms with van der Waals surface area (Å²) in [5, 5.41) is 0. The second-order valence-electron chi connectivity index (χ2n) is 7.09. The third-order valence-electron chi connectivity index (χ3n) is 5.12. The number of pyridine rings is 1. The highest BCUT2D eigenvalue weighted by Gasteiger charge is 2.35. The first-order chi connectivity index (χ1) is 13.4. The van der Waals surface area contributed by atoms with Crippen molar-refractivity contribution >= 4 is 17.6 Å². The Morgan fingerprint density at radius 2 is 2.07 bits per heavy atom. The van der Waals surface area contributed by atoms with Gasteiger partial charge in [-0.3, -0.25) is 9.59 Å². The van der Waals surface area contributed by atoms with Crippen molar-refractivity contribution in [2.24, 2.45) is 0 Å². The molecular weight excluding hydrogens is 359 g/mol. The predicted molar refractivity (Wildman–Crippen MR) is 106 cm³/mol. The van der Waals surface area contributed by atoms with Crippen molar-refractivity contribution in [3.63, 3.8) is 0 Å². The van der Waals surface area contributed by atoms with Crippen LogP contribution in [-0.2, 0) is 4.79 Å². The van der Waals surface area contributed by atoms with Gasteiger partial charge in [0.05, 0.1) is 0 Å². The van der Waals surface area contributed by atoms with Gasteiger partial charge in [-0.1, -0.05) is 31.9 Å². The third kappa shape index (κ3) is 3.98. The summed E-state index contributed by atoms with van der Waals surface area (Å²) in [7, 11) is 1.77. The maximum Gasteiger partial charge on any atom is 0.254 e. The van der Waals surface area contributed by atoms with Gasteiger partial charge in [0.25, 0.3) is 5.91 Å². The Kier molecular flexibility index (Phi) is 5.92. The number of aromatic nitrogens is 1. The number of rotatable bonds is 5. The molecule has 1 fully saturated rings. The number of nitrogen functional groups attached to an aromatic ring is 1. The lowest BCUT2D eigenvalue weighted by Crippen LogP contribution is -2.57. The Labute approximate surface area is 164 Å². The van der Waals surface area contributed by atoms with E-state index in [1.807, 2.05) is 0 Å². The molecule has 1 aliphatic heterocycles. The average molecular weight is 384 g/mol. The van der Waals surface area contributed by atoms with Crippen molar-refractivity contribution in [3.05, 3.63) is 47.9 Å². The van der Waals surface area contributed by atoms with Crippen LogP contribution in [0, 0.1) is 5.82 Å². The number of hydrogen-bond acceptors (Lipinski definition) is 4. The molecule has 0 saturated carbocycles. The van der Waals surface area contributed by atoms with Gasteiger partial charge < -0.3 is 15.5 Å². The van der Waals surface area contributed by atoms with Gasteiger partial charge in [0.15, 0.2) is 11.6 Å². The first kappa shape index (κ1) is 19.8. The normalized spacial score (nSPS) is 17.1. The molecule has 0 bridgehead atoms. The van der Waals surface area contributed by atoms with Crippen LogP contribution < -0.4 is 5.73 Å². The zero-order valence-electron chi connectivity index (χ0n) is 16.2. The Morgan fingerprint density at radius 3 is 2.79 bits per heavy atom. The molecule has 1 saturated heterocycles. The SMILES string of the molecule is CCCCC1C(=O)N(C)CCN1C(=O)c1cccc(-c2cnc(N)c(F)c2)c1. The highest BCUT2D eigenvalue weighted by atomic mass is 19.1. The molecule has 1 aliphatic rings. The van der Waals surface area contributed by atoms with E-state index in [4.69, 9.17) is 5.73 Å². The summed E-state index contributed by atoms with van der Waals surface area (Å²) in [5.74, 6) is -0.966. The maximum absolute atomic E-state index is 13.8. The van der Waals surface area contributed by atoms with E-state index in [1.54, 1.807) is 41.1 Å². The topological polar surface area (TPSA) is 79.5 Å². The van der Waals surface area contributed by atoms with Crippen LogP contribution in [0.3, 0.4) is 0 Å². The fourth-order valence-corrected chi connectivity index (χ4v) is 3.44. The standard InChI is InChI=1S/C21H25FN4O2/c1-3-4-8-18-21(28)25(2)9-10-26(18)20(27)15-7-5-6-14(11-15)16-12-17(22)19(23)24-13-16/h5-7,11-13,18H,3-4,8-10H2,1-2H3,(H2,23,24). The highest BCUT2D eigenvalue weighted by molar-refractivity contribution is 5.99. The number of amides is 2. The number of nitrogens with two attached hydrogens (primary N) is 1. The zero-order chi connectivity index (χ0) is 20.3. The van der Waals surface area contributed by atoms with E-state index >= 15 is 0 Å². The van der Waals surface area contributed by atoms with E-state index in [9.17, 15) is 14.0 Å². The van der Waals surface area contributed by atoms with E-state index < -0.39 is 11.9 Å². The number of halogens is 1. The third-order valence-corrected chi connectivity index (χ3v) is 5.12. The van der Waals surface area contributed by atoms with Gasteiger partial charge in [0.1, 0.15) is 6.04 Å². The van der Waals surface area contributed by atoms with Crippen LogP contribution in [0.2, 0.25) is 0 Å². The van der Waals surface area contributed by atoms with Crippen molar-refractivity contribution in [1.29, 1.82) is 0 Å². The van der Waals surface area contributed by atoms with Gasteiger partial charge in [-0.15, -0.1) is 0 Å². The Bertz CT molecular complexity index is 886. The van der Waals surface area contributed by atoms with Crippen molar-refractivity contribution < 1.29 is 14.0 Å². The molecule has 0 spiro atoms. The van der Waals surface area contributed by atoms with Gasteiger partial charge >= 0.3 is 0 Å². The van der Waals surface area contributed by atoms with Gasteiger partial charge in [0.2, 0.25) is 5.91 Å². The molecule has 7 heteroatoms. The Morgan fingerprint density at radius 1 is 1.29 bits per heavy atom. The molecule has 2 aromatic rings. The molecule has 2 N–H and O–H groups in total. The molecule has 28 heavy (non-hydrogen) atoms. The van der Waals surface area contributed by atoms with Crippen LogP contribution in [0.5, 0.6) is 0 Å². The van der Waals surface area contributed by atoms with Crippen LogP contribution in [0.4, 0.5) is 10.2 Å². The summed E-state index contributed by atoms with van der Waals surface area (Å²) < 4.78 is 13.8. The lowest BCUT2D eigenvalue weighted by Gasteiger charge is -2.39. The summed E-state index contributed by atoms with van der Waals surface area (Å²) in [4.78, 5) is 33.0. The van der Waals surface area contributed by atoms with Gasteiger partial charge in [-0.05, 0) is 30.2 Å². The quantitative estimate of drug-likeness (QED) is 0.860. The van der Waals surface area contributed by atoms with E-state index in [0.29, 0.717) is 36.2 Å². The first-order valence-corrected chi connectivity index (χ1v) is 9.49. The largest absolute Gasteiger partial charge is 0.381 e. The van der Waals surface area contributed by atoms with Gasteiger partial charge in [0, 0.05) is 37.5 Å². The number of unbranched alkanes of at least 4 members (excludes halogenated alkanes) is 1. The average Bonchev–Trinajstić information content (AvgIpc) is 2.70. The number of hydrogen-bond donors (Lipinski definition) is 1. The molecule has 2 amide bonds. The summed E-state index contributed by atoms with van der Waals surface area (Å²) >= 11 is 0. The molecule has 2 heterocycles. The van der Waals surface area contributed by atoms with E-state index in [-0.39, 0.29) is 17.6 Å². The Hall–Kier alpha value is -2.96. The monoisotopic (exact) mass is 384 g/mol. The number of carbonyl (C=O) groups is 2. The zero-order valence-corrected chi connectivity index (χ0v) is 16.2. The van der Waals surface area contributed by atoms with Crippen molar-refractivity contribution in [2.45, 2.75) is 32.2 Å². The van der Waals surface area contributed by atoms with Crippen LogP contribution in [0.15, 0.2) is 36.5 Å². The van der Waals surface area contributed by atoms with Crippen molar-refractivity contribution in [3.8, 4) is 11.1 Å². The number of likely N-dealkylation sites (N-methyl/N-ethyl adjacent to an activating group) is 1. The number of carbonyl (C=O) groups excluding carboxylic acids is 2. The highest BCUT2D eigenvalue weighted by Crippen LogP contribution is 2.24. The molecule has 148 valence electrons. The number of nitrogens with zero attached hydrogens (tertiary/aromatic N) is 3. The lowest BCUT2D eigenvalue weighted by molar-refractivity contribution is -0.138. The summed E-state index contributed by atoms with van der Waals surface area (Å²) in [6.45, 7) is 3.07. The molecular formula is C21H25FN4O2. The number of piperazine rings is 1. The van der Waals surface area contributed by atoms with Crippen molar-refractivity contribution in [1.82, 2.24) is 14.8 Å².